The van der Waals surface area contributed by atoms with Crippen LogP contribution in [-0.4, -0.2) is 39.2 Å². The van der Waals surface area contributed by atoms with Crippen molar-refractivity contribution in [2.24, 2.45) is 4.99 Å². The second-order valence-corrected chi connectivity index (χ2v) is 2.26. The summed E-state index contributed by atoms with van der Waals surface area (Å²) in [6, 6.07) is 0. The van der Waals surface area contributed by atoms with E-state index in [2.05, 4.69) is 4.99 Å². The maximum absolute atomic E-state index is 9.12. The third kappa shape index (κ3) is 1.11. The molecule has 0 spiro atoms. The predicted molar refractivity (Wildman–Crippen MR) is 34.7 cm³/mol. The third-order valence-electron chi connectivity index (χ3n) is 1.56. The van der Waals surface area contributed by atoms with Crippen molar-refractivity contribution in [3.63, 3.8) is 0 Å². The smallest absolute Gasteiger partial charge is 0.132 e. The van der Waals surface area contributed by atoms with Crippen LogP contribution in [-0.2, 0) is 0 Å². The number of nitrogens with zero attached hydrogens (tertiary/aromatic N) is 3. The Morgan fingerprint density at radius 1 is 1.60 bits per heavy atom. The fraction of sp³-hybridized carbons (Fsp3) is 0.800. The Kier molecular flexibility index (Phi) is 1.89. The molecule has 5 heteroatoms. The van der Waals surface area contributed by atoms with E-state index in [-0.39, 0.29) is 6.67 Å². The van der Waals surface area contributed by atoms with Crippen LogP contribution in [0.15, 0.2) is 4.99 Å². The Bertz CT molecular complexity index is 159. The van der Waals surface area contributed by atoms with Crippen LogP contribution in [0.5, 0.6) is 0 Å². The molecule has 1 heterocycles. The van der Waals surface area contributed by atoms with Crippen LogP contribution >= 0.6 is 0 Å². The number of aliphatic imine (C=N–C) groups is 1. The molecule has 0 aliphatic carbocycles. The molecular weight excluding hydrogens is 134 g/mol. The van der Waals surface area contributed by atoms with Gasteiger partial charge in [-0.25, -0.2) is 5.06 Å². The van der Waals surface area contributed by atoms with Crippen LogP contribution in [0.25, 0.3) is 0 Å². The molecule has 1 rings (SSSR count). The molecule has 0 amide bonds. The van der Waals surface area contributed by atoms with Gasteiger partial charge in [0.2, 0.25) is 0 Å². The van der Waals surface area contributed by atoms with Gasteiger partial charge in [0.25, 0.3) is 0 Å². The van der Waals surface area contributed by atoms with E-state index in [1.54, 1.807) is 13.8 Å². The molecule has 1 aliphatic heterocycles. The Hall–Kier alpha value is -0.650. The average molecular weight is 145 g/mol. The zero-order valence-electron chi connectivity index (χ0n) is 6.02. The third-order valence-corrected chi connectivity index (χ3v) is 1.56. The van der Waals surface area contributed by atoms with Crippen molar-refractivity contribution in [2.75, 3.05) is 6.67 Å². The van der Waals surface area contributed by atoms with Crippen molar-refractivity contribution >= 4 is 5.84 Å². The van der Waals surface area contributed by atoms with Gasteiger partial charge in [0, 0.05) is 0 Å². The molecule has 2 N–H and O–H groups in total. The SMILES string of the molecule is CC1=NCN(O)C(C)N1O. The number of amidine groups is 1. The van der Waals surface area contributed by atoms with Crippen LogP contribution in [0.4, 0.5) is 0 Å². The van der Waals surface area contributed by atoms with Crippen LogP contribution < -0.4 is 0 Å². The minimum Gasteiger partial charge on any atom is -0.310 e. The molecule has 1 atom stereocenters. The van der Waals surface area contributed by atoms with E-state index in [1.165, 1.54) is 0 Å². The Labute approximate surface area is 59.1 Å². The van der Waals surface area contributed by atoms with E-state index in [1.807, 2.05) is 0 Å². The van der Waals surface area contributed by atoms with E-state index in [9.17, 15) is 0 Å². The fourth-order valence-electron chi connectivity index (χ4n) is 0.762. The summed E-state index contributed by atoms with van der Waals surface area (Å²) < 4.78 is 0. The quantitative estimate of drug-likeness (QED) is 0.507. The molecule has 0 radical (unpaired) electrons. The molecule has 0 bridgehead atoms. The van der Waals surface area contributed by atoms with Crippen molar-refractivity contribution in [1.82, 2.24) is 10.1 Å². The van der Waals surface area contributed by atoms with Crippen molar-refractivity contribution in [2.45, 2.75) is 20.0 Å². The molecule has 1 aliphatic rings. The molecule has 0 fully saturated rings. The second-order valence-electron chi connectivity index (χ2n) is 2.26. The topological polar surface area (TPSA) is 59.3 Å². The van der Waals surface area contributed by atoms with Crippen LogP contribution in [0.1, 0.15) is 13.8 Å². The fourth-order valence-corrected chi connectivity index (χ4v) is 0.762. The summed E-state index contributed by atoms with van der Waals surface area (Å²) in [6.45, 7) is 3.59. The summed E-state index contributed by atoms with van der Waals surface area (Å²) in [4.78, 5) is 3.81. The van der Waals surface area contributed by atoms with Gasteiger partial charge in [0.1, 0.15) is 18.7 Å². The highest BCUT2D eigenvalue weighted by Crippen LogP contribution is 2.06. The molecule has 0 saturated carbocycles. The lowest BCUT2D eigenvalue weighted by atomic mass is 10.4. The molecule has 0 saturated heterocycles. The van der Waals surface area contributed by atoms with Crippen molar-refractivity contribution in [3.8, 4) is 0 Å². The summed E-state index contributed by atoms with van der Waals surface area (Å²) in [5.41, 5.74) is 0. The minimum atomic E-state index is -0.405. The van der Waals surface area contributed by atoms with Crippen LogP contribution in [0, 0.1) is 0 Å². The van der Waals surface area contributed by atoms with Gasteiger partial charge in [-0.1, -0.05) is 0 Å². The average Bonchev–Trinajstić information content (AvgIpc) is 1.93. The Morgan fingerprint density at radius 2 is 2.20 bits per heavy atom. The summed E-state index contributed by atoms with van der Waals surface area (Å²) in [7, 11) is 0. The zero-order chi connectivity index (χ0) is 7.72. The molecule has 0 aromatic carbocycles. The van der Waals surface area contributed by atoms with Gasteiger partial charge in [-0.3, -0.25) is 10.2 Å². The van der Waals surface area contributed by atoms with Gasteiger partial charge in [-0.15, -0.1) is 5.06 Å². The van der Waals surface area contributed by atoms with E-state index < -0.39 is 6.17 Å². The first-order valence-electron chi connectivity index (χ1n) is 3.07. The molecule has 58 valence electrons. The van der Waals surface area contributed by atoms with Crippen LogP contribution in [0.2, 0.25) is 0 Å². The van der Waals surface area contributed by atoms with E-state index >= 15 is 0 Å². The largest absolute Gasteiger partial charge is 0.310 e. The lowest BCUT2D eigenvalue weighted by molar-refractivity contribution is -0.221. The van der Waals surface area contributed by atoms with E-state index in [0.29, 0.717) is 5.84 Å². The molecular formula is C5H11N3O2. The number of hydrogen-bond donors (Lipinski definition) is 2. The summed E-state index contributed by atoms with van der Waals surface area (Å²) >= 11 is 0. The molecule has 0 aromatic rings. The van der Waals surface area contributed by atoms with Gasteiger partial charge in [0.15, 0.2) is 0 Å². The highest BCUT2D eigenvalue weighted by atomic mass is 16.6. The van der Waals surface area contributed by atoms with E-state index in [0.717, 1.165) is 10.1 Å². The monoisotopic (exact) mass is 145 g/mol. The maximum atomic E-state index is 9.12. The lowest BCUT2D eigenvalue weighted by Gasteiger charge is -2.32. The van der Waals surface area contributed by atoms with Crippen LogP contribution in [0.3, 0.4) is 0 Å². The number of hydroxylamine groups is 4. The summed E-state index contributed by atoms with van der Waals surface area (Å²) in [5.74, 6) is 0.526. The van der Waals surface area contributed by atoms with Crippen molar-refractivity contribution in [1.29, 1.82) is 0 Å². The summed E-state index contributed by atoms with van der Waals surface area (Å²) in [5, 5.41) is 20.0. The van der Waals surface area contributed by atoms with Gasteiger partial charge >= 0.3 is 0 Å². The van der Waals surface area contributed by atoms with Gasteiger partial charge in [0.05, 0.1) is 0 Å². The van der Waals surface area contributed by atoms with E-state index in [4.69, 9.17) is 10.4 Å². The normalized spacial score (nSPS) is 28.6. The first-order valence-corrected chi connectivity index (χ1v) is 3.07. The molecule has 0 aromatic heterocycles. The predicted octanol–water partition coefficient (Wildman–Crippen LogP) is 0.104. The van der Waals surface area contributed by atoms with Gasteiger partial charge < -0.3 is 5.21 Å². The summed E-state index contributed by atoms with van der Waals surface area (Å²) in [6.07, 6.45) is -0.405. The standard InChI is InChI=1S/C5H11N3O2/c1-4-6-3-7(9)5(2)8(4)10/h5,9-10H,3H2,1-2H3. The Balaban J connectivity index is 2.71. The first kappa shape index (κ1) is 7.46. The van der Waals surface area contributed by atoms with Crippen molar-refractivity contribution < 1.29 is 10.4 Å². The minimum absolute atomic E-state index is 0.226. The molecule has 5 nitrogen and oxygen atoms in total. The highest BCUT2D eigenvalue weighted by Gasteiger charge is 2.22. The van der Waals surface area contributed by atoms with Crippen molar-refractivity contribution in [3.05, 3.63) is 0 Å². The maximum Gasteiger partial charge on any atom is 0.132 e. The first-order chi connectivity index (χ1) is 4.63. The number of hydrogen-bond acceptors (Lipinski definition) is 5. The molecule has 10 heavy (non-hydrogen) atoms. The second kappa shape index (κ2) is 2.53. The van der Waals surface area contributed by atoms with Gasteiger partial charge in [-0.2, -0.15) is 0 Å². The molecule has 1 unspecified atom stereocenters. The number of rotatable bonds is 0. The lowest BCUT2D eigenvalue weighted by Crippen LogP contribution is -2.49. The Morgan fingerprint density at radius 3 is 2.70 bits per heavy atom. The van der Waals surface area contributed by atoms with Gasteiger partial charge in [-0.05, 0) is 13.8 Å². The zero-order valence-corrected chi connectivity index (χ0v) is 6.02. The highest BCUT2D eigenvalue weighted by molar-refractivity contribution is 5.79.